The van der Waals surface area contributed by atoms with Crippen LogP contribution in [0.25, 0.3) is 0 Å². The molecule has 2 unspecified atom stereocenters. The van der Waals surface area contributed by atoms with Crippen LogP contribution >= 0.6 is 15.6 Å². The van der Waals surface area contributed by atoms with Crippen molar-refractivity contribution in [2.24, 2.45) is 11.8 Å². The highest BCUT2D eigenvalue weighted by Gasteiger charge is 2.30. The lowest BCUT2D eigenvalue weighted by Crippen LogP contribution is -2.30. The highest BCUT2D eigenvalue weighted by molar-refractivity contribution is 7.47. The molecule has 0 spiro atoms. The van der Waals surface area contributed by atoms with Gasteiger partial charge in [0.05, 0.1) is 26.4 Å². The average Bonchev–Trinajstić information content (AvgIpc) is 1.01. The number of aliphatic hydroxyl groups is 1. The van der Waals surface area contributed by atoms with Crippen LogP contribution in [0.1, 0.15) is 420 Å². The summed E-state index contributed by atoms with van der Waals surface area (Å²) in [5, 5.41) is 10.6. The fourth-order valence-electron chi connectivity index (χ4n) is 12.4. The van der Waals surface area contributed by atoms with Crippen molar-refractivity contribution in [1.82, 2.24) is 0 Å². The minimum Gasteiger partial charge on any atom is -0.462 e. The van der Waals surface area contributed by atoms with E-state index in [1.165, 1.54) is 238 Å². The van der Waals surface area contributed by atoms with Gasteiger partial charge in [-0.2, -0.15) is 0 Å². The van der Waals surface area contributed by atoms with E-state index in [0.717, 1.165) is 95.8 Å². The first-order valence-electron chi connectivity index (χ1n) is 41.5. The Morgan fingerprint density at radius 1 is 0.273 bits per heavy atom. The maximum Gasteiger partial charge on any atom is 0.472 e. The second-order valence-electron chi connectivity index (χ2n) is 29.8. The van der Waals surface area contributed by atoms with E-state index in [4.69, 9.17) is 37.0 Å². The number of phosphoric acid groups is 2. The molecular formula is C80H156O17P2. The first-order valence-corrected chi connectivity index (χ1v) is 44.5. The van der Waals surface area contributed by atoms with E-state index < -0.39 is 97.5 Å². The molecule has 0 rings (SSSR count). The first-order chi connectivity index (χ1) is 47.9. The zero-order valence-electron chi connectivity index (χ0n) is 64.8. The van der Waals surface area contributed by atoms with Crippen LogP contribution < -0.4 is 0 Å². The molecule has 0 heterocycles. The Hall–Kier alpha value is -1.94. The number of hydrogen-bond acceptors (Lipinski definition) is 15. The number of esters is 4. The molecule has 0 saturated heterocycles. The molecule has 99 heavy (non-hydrogen) atoms. The maximum absolute atomic E-state index is 13.1. The standard InChI is InChI=1S/C80H156O17P2/c1-7-9-11-13-15-17-18-19-20-21-22-23-24-25-26-31-34-37-41-45-52-58-64-79(84)96-75(68-91-78(83)63-57-51-44-40-36-33-30-28-27-29-32-35-39-42-48-54-60-72(3)4)70-94-98(86,87)92-66-74(81)67-93-99(88,89)95-71-76(97-80(85)65-59-53-47-46-49-55-61-73(5)6)69-90-77(82)62-56-50-43-38-16-14-12-10-8-2/h72-76,81H,7-71H2,1-6H3,(H,86,87)(H,88,89)/t74-,75-,76-/m1/s1. The predicted octanol–water partition coefficient (Wildman–Crippen LogP) is 23.9. The number of rotatable bonds is 79. The van der Waals surface area contributed by atoms with Gasteiger partial charge in [-0.15, -0.1) is 0 Å². The summed E-state index contributed by atoms with van der Waals surface area (Å²) in [5.74, 6) is -0.636. The van der Waals surface area contributed by atoms with Crippen LogP contribution in [0.2, 0.25) is 0 Å². The van der Waals surface area contributed by atoms with Crippen LogP contribution in [0.4, 0.5) is 0 Å². The fourth-order valence-corrected chi connectivity index (χ4v) is 13.9. The van der Waals surface area contributed by atoms with Gasteiger partial charge in [0.2, 0.25) is 0 Å². The fraction of sp³-hybridized carbons (Fsp3) is 0.950. The van der Waals surface area contributed by atoms with Crippen molar-refractivity contribution >= 4 is 39.5 Å². The molecule has 0 aliphatic rings. The number of phosphoric ester groups is 2. The third-order valence-corrected chi connectivity index (χ3v) is 20.6. The molecule has 19 heteroatoms. The lowest BCUT2D eigenvalue weighted by Gasteiger charge is -2.21. The van der Waals surface area contributed by atoms with Gasteiger partial charge >= 0.3 is 39.5 Å². The quantitative estimate of drug-likeness (QED) is 0.0222. The highest BCUT2D eigenvalue weighted by Crippen LogP contribution is 2.45. The Bertz CT molecular complexity index is 1910. The average molecular weight is 1450 g/mol. The monoisotopic (exact) mass is 1450 g/mol. The van der Waals surface area contributed by atoms with Crippen molar-refractivity contribution < 1.29 is 80.2 Å². The Morgan fingerprint density at radius 2 is 0.465 bits per heavy atom. The van der Waals surface area contributed by atoms with E-state index in [-0.39, 0.29) is 25.7 Å². The molecule has 0 aliphatic carbocycles. The second-order valence-corrected chi connectivity index (χ2v) is 32.7. The zero-order valence-corrected chi connectivity index (χ0v) is 66.6. The molecule has 5 atom stereocenters. The van der Waals surface area contributed by atoms with E-state index >= 15 is 0 Å². The van der Waals surface area contributed by atoms with Crippen molar-refractivity contribution in [1.29, 1.82) is 0 Å². The number of unbranched alkanes of at least 4 members (excludes halogenated alkanes) is 49. The van der Waals surface area contributed by atoms with Crippen LogP contribution in [-0.4, -0.2) is 96.7 Å². The minimum atomic E-state index is -4.96. The summed E-state index contributed by atoms with van der Waals surface area (Å²) in [6, 6.07) is 0. The van der Waals surface area contributed by atoms with Crippen LogP contribution in [0.3, 0.4) is 0 Å². The minimum absolute atomic E-state index is 0.102. The summed E-state index contributed by atoms with van der Waals surface area (Å²) >= 11 is 0. The van der Waals surface area contributed by atoms with Crippen molar-refractivity contribution in [3.8, 4) is 0 Å². The Morgan fingerprint density at radius 3 is 0.687 bits per heavy atom. The van der Waals surface area contributed by atoms with Crippen molar-refractivity contribution in [2.45, 2.75) is 439 Å². The summed E-state index contributed by atoms with van der Waals surface area (Å²) in [7, 11) is -9.91. The molecule has 0 radical (unpaired) electrons. The SMILES string of the molecule is CCCCCCCCCCCCCCCCCCCCCCCCC(=O)O[C@H](COC(=O)CCCCCCCCCCCCCCCCCCC(C)C)COP(=O)(O)OC[C@@H](O)COP(=O)(O)OC[C@@H](COC(=O)CCCCCCCCCCC)OC(=O)CCCCCCCCC(C)C. The Balaban J connectivity index is 5.15. The third kappa shape index (κ3) is 74.1. The number of aliphatic hydroxyl groups excluding tert-OH is 1. The van der Waals surface area contributed by atoms with Crippen LogP contribution in [0.5, 0.6) is 0 Å². The lowest BCUT2D eigenvalue weighted by molar-refractivity contribution is -0.161. The van der Waals surface area contributed by atoms with Gasteiger partial charge in [0.1, 0.15) is 19.3 Å². The molecule has 0 bridgehead atoms. The molecular weight excluding hydrogens is 1290 g/mol. The summed E-state index contributed by atoms with van der Waals surface area (Å²) in [5.41, 5.74) is 0. The van der Waals surface area contributed by atoms with Gasteiger partial charge in [0.15, 0.2) is 12.2 Å². The van der Waals surface area contributed by atoms with Gasteiger partial charge in [-0.3, -0.25) is 37.3 Å². The summed E-state index contributed by atoms with van der Waals surface area (Å²) in [6.07, 6.45) is 61.5. The van der Waals surface area contributed by atoms with E-state index in [9.17, 15) is 43.2 Å². The molecule has 0 aliphatic heterocycles. The van der Waals surface area contributed by atoms with Crippen LogP contribution in [0, 0.1) is 11.8 Å². The highest BCUT2D eigenvalue weighted by atomic mass is 31.2. The number of carbonyl (C=O) groups is 4. The lowest BCUT2D eigenvalue weighted by atomic mass is 10.0. The van der Waals surface area contributed by atoms with E-state index in [0.29, 0.717) is 31.6 Å². The van der Waals surface area contributed by atoms with Gasteiger partial charge < -0.3 is 33.8 Å². The van der Waals surface area contributed by atoms with Gasteiger partial charge in [-0.05, 0) is 37.5 Å². The summed E-state index contributed by atoms with van der Waals surface area (Å²) < 4.78 is 68.5. The van der Waals surface area contributed by atoms with Gasteiger partial charge in [-0.1, -0.05) is 369 Å². The molecule has 0 amide bonds. The Labute approximate surface area is 607 Å². The second kappa shape index (κ2) is 71.7. The largest absolute Gasteiger partial charge is 0.472 e. The molecule has 588 valence electrons. The number of carbonyl (C=O) groups excluding carboxylic acids is 4. The van der Waals surface area contributed by atoms with Gasteiger partial charge in [0, 0.05) is 25.7 Å². The van der Waals surface area contributed by atoms with E-state index in [2.05, 4.69) is 41.5 Å². The molecule has 0 aromatic rings. The molecule has 3 N–H and O–H groups in total. The zero-order chi connectivity index (χ0) is 72.8. The molecule has 0 fully saturated rings. The molecule has 0 saturated carbocycles. The normalized spacial score (nSPS) is 13.9. The number of hydrogen-bond donors (Lipinski definition) is 3. The first kappa shape index (κ1) is 97.1. The van der Waals surface area contributed by atoms with Crippen molar-refractivity contribution in [3.63, 3.8) is 0 Å². The van der Waals surface area contributed by atoms with Crippen molar-refractivity contribution in [3.05, 3.63) is 0 Å². The maximum atomic E-state index is 13.1. The van der Waals surface area contributed by atoms with Gasteiger partial charge in [-0.25, -0.2) is 9.13 Å². The molecule has 0 aromatic heterocycles. The van der Waals surface area contributed by atoms with E-state index in [1.807, 2.05) is 0 Å². The summed E-state index contributed by atoms with van der Waals surface area (Å²) in [4.78, 5) is 72.8. The smallest absolute Gasteiger partial charge is 0.462 e. The molecule has 0 aromatic carbocycles. The predicted molar refractivity (Wildman–Crippen MR) is 405 cm³/mol. The van der Waals surface area contributed by atoms with Gasteiger partial charge in [0.25, 0.3) is 0 Å². The number of ether oxygens (including phenoxy) is 4. The van der Waals surface area contributed by atoms with E-state index in [1.54, 1.807) is 0 Å². The van der Waals surface area contributed by atoms with Crippen LogP contribution in [0.15, 0.2) is 0 Å². The summed E-state index contributed by atoms with van der Waals surface area (Å²) in [6.45, 7) is 9.54. The topological polar surface area (TPSA) is 237 Å². The third-order valence-electron chi connectivity index (χ3n) is 18.7. The Kier molecular flexibility index (Phi) is 70.3. The van der Waals surface area contributed by atoms with Crippen LogP contribution in [-0.2, 0) is 65.4 Å². The van der Waals surface area contributed by atoms with Crippen molar-refractivity contribution in [2.75, 3.05) is 39.6 Å². The molecule has 17 nitrogen and oxygen atoms in total.